The number of hydrogen-bond donors (Lipinski definition) is 8. The number of carbonyl (C=O) groups excluding carboxylic acids is 20. The van der Waals surface area contributed by atoms with Gasteiger partial charge in [-0.15, -0.1) is 0 Å². The van der Waals surface area contributed by atoms with Crippen LogP contribution in [0, 0.1) is 0 Å². The number of aliphatic carboxylic acids is 1. The zero-order valence-electron chi connectivity index (χ0n) is 69.4. The highest BCUT2D eigenvalue weighted by Gasteiger charge is 2.54. The van der Waals surface area contributed by atoms with Gasteiger partial charge in [-0.1, -0.05) is 38.5 Å². The fraction of sp³-hybridized carbons (Fsp3) is 0.727. The van der Waals surface area contributed by atoms with Gasteiger partial charge < -0.3 is 104 Å². The van der Waals surface area contributed by atoms with E-state index in [9.17, 15) is 101 Å². The van der Waals surface area contributed by atoms with E-state index in [4.69, 9.17) is 61.9 Å². The predicted octanol–water partition coefficient (Wildman–Crippen LogP) is -0.662. The van der Waals surface area contributed by atoms with E-state index < -0.39 is 300 Å². The van der Waals surface area contributed by atoms with Crippen LogP contribution in [0.3, 0.4) is 0 Å². The molecule has 0 aromatic carbocycles. The fourth-order valence-electron chi connectivity index (χ4n) is 13.6. The Balaban J connectivity index is 1.97. The van der Waals surface area contributed by atoms with Crippen LogP contribution in [0.4, 0.5) is 0 Å². The van der Waals surface area contributed by atoms with Crippen molar-refractivity contribution in [2.45, 2.75) is 309 Å². The zero-order chi connectivity index (χ0) is 89.2. The molecule has 0 saturated carbocycles. The predicted molar refractivity (Wildman–Crippen MR) is 405 cm³/mol. The van der Waals surface area contributed by atoms with E-state index >= 15 is 0 Å². The van der Waals surface area contributed by atoms with Crippen LogP contribution in [0.5, 0.6) is 0 Å². The Morgan fingerprint density at radius 2 is 0.630 bits per heavy atom. The van der Waals surface area contributed by atoms with Gasteiger partial charge in [0.1, 0.15) is 44.2 Å². The second kappa shape index (κ2) is 53.7. The maximum atomic E-state index is 14.6. The lowest BCUT2D eigenvalue weighted by Crippen LogP contribution is -2.66. The standard InChI is InChI=1S/C77H116N8O34/c1-41(86)81-65-57(117-60(38-108-44(4)89)68(111-47(7)92)71(65)114-50(10)95)27-21-24-54(98)75(105)79-34-36-85(37-35-80-76(106)55(99)25-22-28-58-66(82-42(2)87)72(115-51(11)96)69(112-48(8)93)61(118-58)39-109-45(5)90)63(101)32-31-53(74(104)78-33-20-18-16-14-13-15-17-19-30-64(102)103)84-77(107)56(100)26-23-29-59-67(83-43(3)88)73(116-52(12)97)70(113-49(9)94)62(119-59)40-110-46(6)91/h53,57-62,65-73H,13-40H2,1-12H3,(H,78,104)(H,79,105)(H,80,106)(H,81,86)(H,82,87)(H,83,88)(H,84,107)(H,102,103)/t53-,57?,58?,59?,60?,61?,62?,65?,66?,67?,68?,69?,70?,71?,72?,73?/m0/s1. The van der Waals surface area contributed by atoms with Gasteiger partial charge in [0, 0.05) is 148 Å². The summed E-state index contributed by atoms with van der Waals surface area (Å²) in [7, 11) is 0. The van der Waals surface area contributed by atoms with Gasteiger partial charge in [0.15, 0.2) is 36.6 Å². The minimum atomic E-state index is -1.61. The first-order valence-corrected chi connectivity index (χ1v) is 39.5. The molecule has 16 atom stereocenters. The number of Topliss-reactive ketones (excluding diaryl/α,β-unsaturated/α-hetero) is 3. The summed E-state index contributed by atoms with van der Waals surface area (Å²) >= 11 is 0. The van der Waals surface area contributed by atoms with Crippen molar-refractivity contribution in [3.63, 3.8) is 0 Å². The summed E-state index contributed by atoms with van der Waals surface area (Å²) in [5.41, 5.74) is 0. The zero-order valence-corrected chi connectivity index (χ0v) is 69.4. The van der Waals surface area contributed by atoms with Crippen LogP contribution in [0.2, 0.25) is 0 Å². The SMILES string of the molecule is CC(=O)NC1C(CCCC(=O)C(=O)NCCN(CCNC(=O)C(=O)CCCC2OC(COC(C)=O)C(OC(C)=O)C(OC(C)=O)C2NC(C)=O)C(=O)CC[C@H](NC(=O)C(=O)CCCC2OC(COC(C)=O)C(OC(C)=O)C(OC(C)=O)C2NC(C)=O)C(=O)NCCCCCCCCCCC(=O)O)OC(COC(C)=O)C(OC(C)=O)C1OC(C)=O. The molecule has 0 aromatic heterocycles. The Kier molecular flexibility index (Phi) is 46.3. The van der Waals surface area contributed by atoms with E-state index in [1.165, 1.54) is 0 Å². The molecule has 3 aliphatic rings. The first kappa shape index (κ1) is 103. The molecule has 3 saturated heterocycles. The van der Waals surface area contributed by atoms with E-state index in [0.717, 1.165) is 120 Å². The Bertz CT molecular complexity index is 3430. The average Bonchev–Trinajstić information content (AvgIpc) is 0.796. The second-order valence-corrected chi connectivity index (χ2v) is 28.8. The van der Waals surface area contributed by atoms with Crippen molar-refractivity contribution in [1.29, 1.82) is 0 Å². The lowest BCUT2D eigenvalue weighted by Gasteiger charge is -2.45. The number of carboxylic acid groups (broad SMARTS) is 1. The Morgan fingerprint density at radius 1 is 0.328 bits per heavy atom. The lowest BCUT2D eigenvalue weighted by atomic mass is 9.89. The summed E-state index contributed by atoms with van der Waals surface area (Å²) in [4.78, 5) is 270. The molecule has 3 heterocycles. The summed E-state index contributed by atoms with van der Waals surface area (Å²) < 4.78 is 67.0. The van der Waals surface area contributed by atoms with Gasteiger partial charge in [-0.3, -0.25) is 101 Å². The Labute approximate surface area is 688 Å². The number of hydrogen-bond acceptors (Lipinski definition) is 33. The van der Waals surface area contributed by atoms with E-state index in [1.807, 2.05) is 0 Å². The Morgan fingerprint density at radius 3 is 0.933 bits per heavy atom. The van der Waals surface area contributed by atoms with E-state index in [-0.39, 0.29) is 51.5 Å². The first-order valence-electron chi connectivity index (χ1n) is 39.5. The number of rotatable bonds is 52. The maximum absolute atomic E-state index is 14.6. The van der Waals surface area contributed by atoms with Crippen LogP contribution in [-0.4, -0.2) is 284 Å². The van der Waals surface area contributed by atoms with Crippen LogP contribution in [-0.2, 0) is 158 Å². The van der Waals surface area contributed by atoms with Crippen molar-refractivity contribution in [3.8, 4) is 0 Å². The third-order valence-electron chi connectivity index (χ3n) is 18.7. The lowest BCUT2D eigenvalue weighted by molar-refractivity contribution is -0.224. The molecule has 8 N–H and O–H groups in total. The third-order valence-corrected chi connectivity index (χ3v) is 18.7. The Hall–Kier alpha value is -10.6. The maximum Gasteiger partial charge on any atom is 0.303 e. The van der Waals surface area contributed by atoms with E-state index in [1.54, 1.807) is 0 Å². The topological polar surface area (TPSA) is 577 Å². The molecule has 3 fully saturated rings. The van der Waals surface area contributed by atoms with Crippen LogP contribution in [0.1, 0.15) is 212 Å². The molecule has 42 heteroatoms. The van der Waals surface area contributed by atoms with Crippen molar-refractivity contribution >= 4 is 124 Å². The van der Waals surface area contributed by atoms with Crippen molar-refractivity contribution in [2.75, 3.05) is 52.5 Å². The molecule has 3 aliphatic heterocycles. The first-order chi connectivity index (χ1) is 56.1. The number of amides is 8. The molecule has 0 bridgehead atoms. The van der Waals surface area contributed by atoms with Crippen molar-refractivity contribution in [1.82, 2.24) is 42.1 Å². The average molecular weight is 1700 g/mol. The molecule has 42 nitrogen and oxygen atoms in total. The summed E-state index contributed by atoms with van der Waals surface area (Å²) in [6, 6.07) is -5.28. The van der Waals surface area contributed by atoms with Gasteiger partial charge in [-0.25, -0.2) is 0 Å². The van der Waals surface area contributed by atoms with Crippen molar-refractivity contribution < 1.29 is 163 Å². The molecular formula is C77H116N8O34. The molecule has 8 amide bonds. The monoisotopic (exact) mass is 1700 g/mol. The summed E-state index contributed by atoms with van der Waals surface area (Å²) in [6.07, 6.45) is -13.5. The molecule has 119 heavy (non-hydrogen) atoms. The minimum absolute atomic E-state index is 0.0632. The third kappa shape index (κ3) is 39.6. The van der Waals surface area contributed by atoms with Gasteiger partial charge in [0.05, 0.1) is 36.4 Å². The normalized spacial score (nSPS) is 22.6. The quantitative estimate of drug-likeness (QED) is 0.0162. The van der Waals surface area contributed by atoms with Crippen LogP contribution in [0.25, 0.3) is 0 Å². The van der Waals surface area contributed by atoms with Gasteiger partial charge in [-0.2, -0.15) is 0 Å². The second-order valence-electron chi connectivity index (χ2n) is 28.8. The highest BCUT2D eigenvalue weighted by Crippen LogP contribution is 2.34. The summed E-state index contributed by atoms with van der Waals surface area (Å²) in [5.74, 6) is -18.5. The van der Waals surface area contributed by atoms with E-state index in [2.05, 4.69) is 37.2 Å². The molecule has 0 aliphatic carbocycles. The smallest absolute Gasteiger partial charge is 0.303 e. The van der Waals surface area contributed by atoms with Gasteiger partial charge in [0.25, 0.3) is 17.7 Å². The van der Waals surface area contributed by atoms with Crippen LogP contribution in [0.15, 0.2) is 0 Å². The largest absolute Gasteiger partial charge is 0.481 e. The highest BCUT2D eigenvalue weighted by molar-refractivity contribution is 6.37. The molecule has 668 valence electrons. The molecule has 15 unspecified atom stereocenters. The van der Waals surface area contributed by atoms with Crippen molar-refractivity contribution in [2.24, 2.45) is 0 Å². The summed E-state index contributed by atoms with van der Waals surface area (Å²) in [5, 5.41) is 26.8. The van der Waals surface area contributed by atoms with E-state index in [0.29, 0.717) is 19.3 Å². The van der Waals surface area contributed by atoms with Crippen LogP contribution >= 0.6 is 0 Å². The number of nitrogens with one attached hydrogen (secondary N) is 7. The van der Waals surface area contributed by atoms with Gasteiger partial charge in [-0.05, 0) is 57.8 Å². The minimum Gasteiger partial charge on any atom is -0.481 e. The molecule has 0 radical (unpaired) electrons. The van der Waals surface area contributed by atoms with Crippen LogP contribution < -0.4 is 37.2 Å². The number of nitrogens with zero attached hydrogens (tertiary/aromatic N) is 1. The summed E-state index contributed by atoms with van der Waals surface area (Å²) in [6.45, 7) is 9.80. The number of unbranched alkanes of at least 4 members (excludes halogenated alkanes) is 7. The van der Waals surface area contributed by atoms with Gasteiger partial charge >= 0.3 is 59.7 Å². The number of ether oxygens (including phenoxy) is 12. The molecular weight excluding hydrogens is 1580 g/mol. The highest BCUT2D eigenvalue weighted by atomic mass is 16.7. The molecule has 0 aromatic rings. The number of ketones is 3. The number of esters is 9. The van der Waals surface area contributed by atoms with Crippen molar-refractivity contribution in [3.05, 3.63) is 0 Å². The molecule has 3 rings (SSSR count). The number of carbonyl (C=O) groups is 21. The number of carboxylic acids is 1. The van der Waals surface area contributed by atoms with Gasteiger partial charge in [0.2, 0.25) is 46.9 Å². The fourth-order valence-corrected chi connectivity index (χ4v) is 13.6. The molecule has 0 spiro atoms.